The number of nitrogens with zero attached hydrogens (tertiary/aromatic N) is 3. The van der Waals surface area contributed by atoms with Gasteiger partial charge in [0.05, 0.1) is 11.8 Å². The predicted molar refractivity (Wildman–Crippen MR) is 117 cm³/mol. The topological polar surface area (TPSA) is 86.1 Å². The number of carbonyl (C=O) groups excluding carboxylic acids is 1. The van der Waals surface area contributed by atoms with Crippen molar-refractivity contribution in [2.45, 2.75) is 19.9 Å². The van der Waals surface area contributed by atoms with Gasteiger partial charge in [-0.3, -0.25) is 4.79 Å². The van der Waals surface area contributed by atoms with Gasteiger partial charge in [0.15, 0.2) is 5.76 Å². The van der Waals surface area contributed by atoms with Gasteiger partial charge in [-0.1, -0.05) is 37.3 Å². The lowest BCUT2D eigenvalue weighted by Crippen LogP contribution is -2.18. The van der Waals surface area contributed by atoms with E-state index in [0.717, 1.165) is 28.6 Å². The van der Waals surface area contributed by atoms with E-state index in [1.807, 2.05) is 59.3 Å². The molecule has 0 aliphatic rings. The molecule has 5 aromatic rings. The summed E-state index contributed by atoms with van der Waals surface area (Å²) < 4.78 is 13.0. The Morgan fingerprint density at radius 2 is 1.81 bits per heavy atom. The maximum absolute atomic E-state index is 12.7. The Balaban J connectivity index is 1.43. The first-order chi connectivity index (χ1) is 15.2. The molecule has 3 heterocycles. The Hall–Kier alpha value is -4.13. The van der Waals surface area contributed by atoms with Crippen molar-refractivity contribution >= 4 is 22.5 Å². The Morgan fingerprint density at radius 1 is 1.00 bits per heavy atom. The fourth-order valence-electron chi connectivity index (χ4n) is 3.56. The average molecular weight is 412 g/mol. The zero-order valence-corrected chi connectivity index (χ0v) is 16.9. The summed E-state index contributed by atoms with van der Waals surface area (Å²) in [6, 6.07) is 19.2. The number of hydrogen-bond donors (Lipinski definition) is 1. The van der Waals surface area contributed by atoms with Crippen molar-refractivity contribution in [1.29, 1.82) is 0 Å². The number of benzene rings is 2. The van der Waals surface area contributed by atoms with Crippen molar-refractivity contribution < 1.29 is 13.6 Å². The number of carbonyl (C=O) groups is 1. The summed E-state index contributed by atoms with van der Waals surface area (Å²) in [7, 11) is 0. The number of fused-ring (bicyclic) bond motifs is 1. The summed E-state index contributed by atoms with van der Waals surface area (Å²) in [6.45, 7) is 2.26. The van der Waals surface area contributed by atoms with Crippen molar-refractivity contribution in [1.82, 2.24) is 14.8 Å². The van der Waals surface area contributed by atoms with Crippen LogP contribution in [-0.4, -0.2) is 20.7 Å². The second kappa shape index (κ2) is 7.95. The molecule has 0 unspecified atom stereocenters. The van der Waals surface area contributed by atoms with Gasteiger partial charge in [0.1, 0.15) is 6.54 Å². The Kier molecular flexibility index (Phi) is 4.84. The molecule has 0 saturated heterocycles. The van der Waals surface area contributed by atoms with Gasteiger partial charge < -0.3 is 18.7 Å². The summed E-state index contributed by atoms with van der Waals surface area (Å²) in [5, 5.41) is 12.1. The zero-order valence-electron chi connectivity index (χ0n) is 16.9. The van der Waals surface area contributed by atoms with Gasteiger partial charge in [0, 0.05) is 22.8 Å². The molecular weight excluding hydrogens is 392 g/mol. The number of hydrogen-bond acceptors (Lipinski definition) is 5. The molecule has 0 aliphatic carbocycles. The highest BCUT2D eigenvalue weighted by molar-refractivity contribution is 5.96. The van der Waals surface area contributed by atoms with Crippen molar-refractivity contribution in [2.75, 3.05) is 5.32 Å². The van der Waals surface area contributed by atoms with Crippen LogP contribution < -0.4 is 5.32 Å². The Bertz CT molecular complexity index is 1330. The molecule has 3 aromatic heterocycles. The number of anilines is 1. The van der Waals surface area contributed by atoms with Crippen LogP contribution in [0.2, 0.25) is 0 Å². The second-order valence-electron chi connectivity index (χ2n) is 7.18. The molecule has 2 aromatic carbocycles. The van der Waals surface area contributed by atoms with Gasteiger partial charge >= 0.3 is 0 Å². The number of aryl methyl sites for hydroxylation is 1. The summed E-state index contributed by atoms with van der Waals surface area (Å²) in [5.41, 5.74) is 3.68. The molecule has 7 heteroatoms. The van der Waals surface area contributed by atoms with E-state index < -0.39 is 0 Å². The summed E-state index contributed by atoms with van der Waals surface area (Å²) in [6.07, 6.45) is 4.38. The van der Waals surface area contributed by atoms with Crippen molar-refractivity contribution in [3.63, 3.8) is 0 Å². The van der Waals surface area contributed by atoms with Crippen LogP contribution in [0.3, 0.4) is 0 Å². The molecule has 1 amide bonds. The quantitative estimate of drug-likeness (QED) is 0.417. The van der Waals surface area contributed by atoms with Crippen molar-refractivity contribution in [3.05, 3.63) is 78.7 Å². The van der Waals surface area contributed by atoms with E-state index in [2.05, 4.69) is 22.4 Å². The summed E-state index contributed by atoms with van der Waals surface area (Å²) in [4.78, 5) is 12.7. The Morgan fingerprint density at radius 3 is 2.58 bits per heavy atom. The van der Waals surface area contributed by atoms with Gasteiger partial charge in [-0.05, 0) is 42.3 Å². The number of aromatic nitrogens is 3. The first-order valence-electron chi connectivity index (χ1n) is 10.1. The lowest BCUT2D eigenvalue weighted by Gasteiger charge is -2.08. The van der Waals surface area contributed by atoms with Crippen LogP contribution in [0.5, 0.6) is 0 Å². The zero-order chi connectivity index (χ0) is 21.2. The number of rotatable bonds is 6. The van der Waals surface area contributed by atoms with Gasteiger partial charge in [-0.15, -0.1) is 10.2 Å². The maximum atomic E-state index is 12.7. The highest BCUT2D eigenvalue weighted by atomic mass is 16.4. The van der Waals surface area contributed by atoms with E-state index in [1.165, 1.54) is 5.56 Å². The van der Waals surface area contributed by atoms with Gasteiger partial charge in [0.25, 0.3) is 5.89 Å². The second-order valence-corrected chi connectivity index (χ2v) is 7.18. The van der Waals surface area contributed by atoms with E-state index in [9.17, 15) is 4.79 Å². The third-order valence-corrected chi connectivity index (χ3v) is 5.14. The minimum absolute atomic E-state index is 0.113. The minimum atomic E-state index is -0.113. The van der Waals surface area contributed by atoms with Crippen LogP contribution in [0.15, 0.2) is 82.0 Å². The van der Waals surface area contributed by atoms with Crippen molar-refractivity contribution in [2.24, 2.45) is 0 Å². The monoisotopic (exact) mass is 412 g/mol. The third-order valence-electron chi connectivity index (χ3n) is 5.14. The van der Waals surface area contributed by atoms with Crippen LogP contribution in [-0.2, 0) is 17.8 Å². The molecule has 5 rings (SSSR count). The molecule has 1 N–H and O–H groups in total. The molecule has 154 valence electrons. The average Bonchev–Trinajstić information content (AvgIpc) is 3.54. The largest absolute Gasteiger partial charge is 0.459 e. The van der Waals surface area contributed by atoms with E-state index in [-0.39, 0.29) is 12.5 Å². The fraction of sp³-hybridized carbons (Fsp3) is 0.125. The molecule has 0 aliphatic heterocycles. The molecular formula is C24H20N4O3. The van der Waals surface area contributed by atoms with E-state index in [4.69, 9.17) is 8.83 Å². The number of furan rings is 1. The van der Waals surface area contributed by atoms with Crippen LogP contribution in [0.1, 0.15) is 12.5 Å². The summed E-state index contributed by atoms with van der Waals surface area (Å²) in [5.74, 6) is 1.08. The highest BCUT2D eigenvalue weighted by Gasteiger charge is 2.18. The Labute approximate surface area is 178 Å². The molecule has 0 bridgehead atoms. The molecule has 0 radical (unpaired) electrons. The lowest BCUT2D eigenvalue weighted by atomic mass is 10.1. The maximum Gasteiger partial charge on any atom is 0.283 e. The van der Waals surface area contributed by atoms with E-state index in [1.54, 1.807) is 18.4 Å². The van der Waals surface area contributed by atoms with Gasteiger partial charge in [-0.2, -0.15) is 0 Å². The van der Waals surface area contributed by atoms with Crippen LogP contribution in [0, 0.1) is 0 Å². The van der Waals surface area contributed by atoms with E-state index >= 15 is 0 Å². The smallest absolute Gasteiger partial charge is 0.283 e. The SMILES string of the molecule is CCc1ccc(NC(=O)Cn2cc(-c3nnc(-c4ccco4)o3)c3ccccc32)cc1. The van der Waals surface area contributed by atoms with Crippen LogP contribution >= 0.6 is 0 Å². The standard InChI is InChI=1S/C24H20N4O3/c1-2-16-9-11-17(12-10-16)25-22(29)15-28-14-19(18-6-3-4-7-20(18)28)23-26-27-24(31-23)21-8-5-13-30-21/h3-14H,2,15H2,1H3,(H,25,29). The number of nitrogens with one attached hydrogen (secondary N) is 1. The third kappa shape index (κ3) is 3.73. The molecule has 0 fully saturated rings. The predicted octanol–water partition coefficient (Wildman–Crippen LogP) is 5.15. The first kappa shape index (κ1) is 18.9. The first-order valence-corrected chi connectivity index (χ1v) is 10.1. The molecule has 7 nitrogen and oxygen atoms in total. The molecule has 0 saturated carbocycles. The molecule has 0 atom stereocenters. The highest BCUT2D eigenvalue weighted by Crippen LogP contribution is 2.31. The molecule has 31 heavy (non-hydrogen) atoms. The fourth-order valence-corrected chi connectivity index (χ4v) is 3.56. The van der Waals surface area contributed by atoms with Crippen molar-refractivity contribution in [3.8, 4) is 23.1 Å². The van der Waals surface area contributed by atoms with E-state index in [0.29, 0.717) is 17.5 Å². The summed E-state index contributed by atoms with van der Waals surface area (Å²) >= 11 is 0. The van der Waals surface area contributed by atoms with Crippen LogP contribution in [0.4, 0.5) is 5.69 Å². The lowest BCUT2D eigenvalue weighted by molar-refractivity contribution is -0.116. The normalized spacial score (nSPS) is 11.1. The minimum Gasteiger partial charge on any atom is -0.459 e. The molecule has 0 spiro atoms. The number of para-hydroxylation sites is 1. The van der Waals surface area contributed by atoms with Gasteiger partial charge in [0.2, 0.25) is 11.8 Å². The number of amides is 1. The van der Waals surface area contributed by atoms with Crippen LogP contribution in [0.25, 0.3) is 34.0 Å². The van der Waals surface area contributed by atoms with Gasteiger partial charge in [-0.25, -0.2) is 0 Å².